The molecule has 4 N–H and O–H groups in total. The van der Waals surface area contributed by atoms with Gasteiger partial charge in [0.05, 0.1) is 12.2 Å². The molecule has 1 saturated heterocycles. The highest BCUT2D eigenvalue weighted by Gasteiger charge is 2.76. The molecule has 3 saturated carbocycles. The number of nitrogens with one attached hydrogen (secondary N) is 1. The summed E-state index contributed by atoms with van der Waals surface area (Å²) in [4.78, 5) is 133. The number of carbonyl (C=O) groups excluding carboxylic acids is 10. The summed E-state index contributed by atoms with van der Waals surface area (Å²) in [6, 6.07) is 6.25. The van der Waals surface area contributed by atoms with Gasteiger partial charge in [0.1, 0.15) is 24.0 Å². The van der Waals surface area contributed by atoms with Gasteiger partial charge in [-0.25, -0.2) is 14.4 Å². The van der Waals surface area contributed by atoms with Crippen LogP contribution in [-0.2, 0) is 65.5 Å². The van der Waals surface area contributed by atoms with Crippen LogP contribution in [0.2, 0.25) is 0 Å². The van der Waals surface area contributed by atoms with Crippen molar-refractivity contribution in [3.8, 4) is 0 Å². The van der Waals surface area contributed by atoms with E-state index in [1.807, 2.05) is 33.8 Å². The number of ketones is 5. The molecule has 1 unspecified atom stereocenters. The first-order valence-corrected chi connectivity index (χ1v) is 29.4. The number of unbranched alkanes of at least 4 members (excludes halogenated alkanes) is 2. The lowest BCUT2D eigenvalue weighted by Crippen LogP contribution is -2.63. The average molecular weight is 1140 g/mol. The van der Waals surface area contributed by atoms with Gasteiger partial charge in [0.2, 0.25) is 5.78 Å². The Kier molecular flexibility index (Phi) is 21.1. The van der Waals surface area contributed by atoms with Gasteiger partial charge in [0, 0.05) is 107 Å². The van der Waals surface area contributed by atoms with Crippen molar-refractivity contribution in [3.63, 3.8) is 0 Å². The molecule has 20 nitrogen and oxygen atoms in total. The van der Waals surface area contributed by atoms with E-state index in [0.29, 0.717) is 62.5 Å². The van der Waals surface area contributed by atoms with E-state index in [1.54, 1.807) is 36.4 Å². The fourth-order valence-corrected chi connectivity index (χ4v) is 14.0. The van der Waals surface area contributed by atoms with Gasteiger partial charge in [0.15, 0.2) is 24.3 Å². The Morgan fingerprint density at radius 2 is 1.55 bits per heavy atom. The number of hydrogen-bond donors (Lipinski definition) is 3. The molecule has 1 aromatic rings. The molecule has 0 radical (unpaired) electrons. The van der Waals surface area contributed by atoms with Crippen LogP contribution in [0, 0.1) is 46.3 Å². The number of aliphatic hydroxyl groups is 1. The summed E-state index contributed by atoms with van der Waals surface area (Å²) in [6.07, 6.45) is 10.6. The summed E-state index contributed by atoms with van der Waals surface area (Å²) in [5, 5.41) is 14.6. The predicted molar refractivity (Wildman–Crippen MR) is 300 cm³/mol. The number of benzene rings is 1. The zero-order valence-corrected chi connectivity index (χ0v) is 48.8. The molecular weight excluding hydrogens is 1050 g/mol. The number of nitrogens with zero attached hydrogens (tertiary/aromatic N) is 3. The largest absolute Gasteiger partial charge is 0.445 e. The smallest absolute Gasteiger partial charge is 0.409 e. The molecule has 82 heavy (non-hydrogen) atoms. The number of Topliss-reactive ketones (excluding diaryl/α,β-unsaturated/α-hetero) is 4. The minimum atomic E-state index is -1.45. The maximum atomic E-state index is 14.7. The number of fused-ring (bicyclic) bond motifs is 7. The van der Waals surface area contributed by atoms with Crippen molar-refractivity contribution >= 4 is 58.9 Å². The lowest BCUT2D eigenvalue weighted by atomic mass is 9.46. The number of imide groups is 1. The molecule has 6 amide bonds. The van der Waals surface area contributed by atoms with E-state index < -0.39 is 77.4 Å². The molecule has 2 aliphatic heterocycles. The molecule has 448 valence electrons. The minimum Gasteiger partial charge on any atom is -0.445 e. The van der Waals surface area contributed by atoms with E-state index >= 15 is 0 Å². The Balaban J connectivity index is 0.863. The van der Waals surface area contributed by atoms with Crippen LogP contribution in [-0.4, -0.2) is 150 Å². The SMILES string of the molecule is CCCC1O[C@@H]2C[C@H]3[C@@H]4CCC5=CC(=O)C=C[C@]5(C)[C@H]4[C@@H](O)C[C@]3(C)[C@]2(C(=O)COC(=O)N(C)CCN(C)C(=O)OCc2ccc(CC(=O)[C@H](CCCNC(N)=O)CC(=O)[C@@H](CC(=O)CCCCCN3C(=O)C=CC3=O)C(C)C)cc2)O1. The highest BCUT2D eigenvalue weighted by Crippen LogP contribution is 2.69. The zero-order chi connectivity index (χ0) is 59.7. The van der Waals surface area contributed by atoms with Crippen LogP contribution in [0.1, 0.15) is 136 Å². The van der Waals surface area contributed by atoms with Gasteiger partial charge in [-0.3, -0.25) is 38.5 Å². The topological polar surface area (TPSA) is 276 Å². The van der Waals surface area contributed by atoms with Crippen molar-refractivity contribution < 1.29 is 72.0 Å². The molecule has 4 aliphatic carbocycles. The molecule has 4 fully saturated rings. The van der Waals surface area contributed by atoms with Crippen molar-refractivity contribution in [1.29, 1.82) is 0 Å². The number of aliphatic hydroxyl groups excluding tert-OH is 1. The quantitative estimate of drug-likeness (QED) is 0.0543. The third kappa shape index (κ3) is 14.2. The first-order valence-electron chi connectivity index (χ1n) is 29.4. The van der Waals surface area contributed by atoms with E-state index in [0.717, 1.165) is 18.4 Å². The van der Waals surface area contributed by atoms with Gasteiger partial charge in [-0.1, -0.05) is 83.4 Å². The second-order valence-electron chi connectivity index (χ2n) is 24.3. The summed E-state index contributed by atoms with van der Waals surface area (Å²) in [5.41, 5.74) is 4.82. The predicted octanol–water partition coefficient (Wildman–Crippen LogP) is 6.91. The first kappa shape index (κ1) is 63.2. The lowest BCUT2D eigenvalue weighted by Gasteiger charge is -2.59. The first-order chi connectivity index (χ1) is 38.9. The molecule has 0 bridgehead atoms. The zero-order valence-electron chi connectivity index (χ0n) is 48.8. The standard InChI is InChI=1S/C62H85N5O15/c1-8-13-55-81-52-34-47-45-21-20-42-32-44(69)24-25-60(42,4)56(45)50(72)35-61(47,5)62(52,82-55)51(73)37-80-59(78)66(7)29-28-65(6)58(77)79-36-40-18-16-39(17-19-40)30-48(70)41(14-12-26-64-57(63)76)31-49(71)46(38(2)3)33-43(68)15-10-9-11-27-67-53(74)22-23-54(67)75/h16-19,22-25,32,38,41,45-47,50,52,55-56,72H,8-15,20-21,26-31,33-37H2,1-7H3,(H3,63,64,76)/t41-,45+,46+,47+,50+,52-,55?,56-,60+,61+,62-/m1/s1. The molecule has 1 aromatic carbocycles. The van der Waals surface area contributed by atoms with Gasteiger partial charge in [-0.05, 0) is 98.8 Å². The van der Waals surface area contributed by atoms with E-state index in [4.69, 9.17) is 24.7 Å². The summed E-state index contributed by atoms with van der Waals surface area (Å²) in [6.45, 7) is 9.82. The number of allylic oxidation sites excluding steroid dienone is 4. The van der Waals surface area contributed by atoms with Crippen molar-refractivity contribution in [3.05, 3.63) is 71.3 Å². The molecule has 6 aliphatic rings. The van der Waals surface area contributed by atoms with Crippen molar-refractivity contribution in [1.82, 2.24) is 20.0 Å². The van der Waals surface area contributed by atoms with Crippen LogP contribution >= 0.6 is 0 Å². The molecule has 11 atom stereocenters. The summed E-state index contributed by atoms with van der Waals surface area (Å²) < 4.78 is 24.4. The van der Waals surface area contributed by atoms with E-state index in [9.17, 15) is 53.1 Å². The monoisotopic (exact) mass is 1140 g/mol. The van der Waals surface area contributed by atoms with Crippen LogP contribution in [0.3, 0.4) is 0 Å². The van der Waals surface area contributed by atoms with Gasteiger partial charge < -0.3 is 44.9 Å². The number of hydrogen-bond acceptors (Lipinski definition) is 15. The second kappa shape index (κ2) is 27.3. The normalized spacial score (nSPS) is 27.6. The van der Waals surface area contributed by atoms with Crippen LogP contribution in [0.5, 0.6) is 0 Å². The van der Waals surface area contributed by atoms with Crippen molar-refractivity contribution in [2.24, 2.45) is 52.1 Å². The van der Waals surface area contributed by atoms with Crippen LogP contribution < -0.4 is 11.1 Å². The average Bonchev–Trinajstić information content (AvgIpc) is 1.55. The molecule has 20 heteroatoms. The van der Waals surface area contributed by atoms with Crippen molar-refractivity contribution in [2.75, 3.05) is 46.9 Å². The number of rotatable bonds is 29. The Bertz CT molecular complexity index is 2670. The number of carbonyl (C=O) groups is 10. The van der Waals surface area contributed by atoms with Gasteiger partial charge >= 0.3 is 18.2 Å². The second-order valence-corrected chi connectivity index (χ2v) is 24.3. The van der Waals surface area contributed by atoms with E-state index in [1.165, 1.54) is 40.9 Å². The Morgan fingerprint density at radius 1 is 0.878 bits per heavy atom. The highest BCUT2D eigenvalue weighted by atomic mass is 16.7. The maximum Gasteiger partial charge on any atom is 0.409 e. The Labute approximate surface area is 481 Å². The number of ether oxygens (including phenoxy) is 4. The van der Waals surface area contributed by atoms with Crippen LogP contribution in [0.15, 0.2) is 60.2 Å². The van der Waals surface area contributed by atoms with Gasteiger partial charge in [-0.2, -0.15) is 0 Å². The molecule has 2 heterocycles. The number of urea groups is 1. The van der Waals surface area contributed by atoms with Crippen LogP contribution in [0.25, 0.3) is 0 Å². The number of primary amides is 1. The molecular formula is C62H85N5O15. The summed E-state index contributed by atoms with van der Waals surface area (Å²) in [5.74, 6) is -3.19. The molecule has 0 spiro atoms. The lowest BCUT2D eigenvalue weighted by molar-refractivity contribution is -0.200. The minimum absolute atomic E-state index is 0.0138. The number of likely N-dealkylation sites (N-methyl/N-ethyl adjacent to an activating group) is 2. The third-order valence-corrected chi connectivity index (χ3v) is 18.5. The fourth-order valence-electron chi connectivity index (χ4n) is 14.0. The summed E-state index contributed by atoms with van der Waals surface area (Å²) in [7, 11) is 3.03. The fraction of sp³-hybridized carbons (Fsp3) is 0.645. The summed E-state index contributed by atoms with van der Waals surface area (Å²) >= 11 is 0. The Morgan fingerprint density at radius 3 is 2.21 bits per heavy atom. The van der Waals surface area contributed by atoms with Crippen LogP contribution in [0.4, 0.5) is 14.4 Å². The van der Waals surface area contributed by atoms with Gasteiger partial charge in [0.25, 0.3) is 11.8 Å². The maximum absolute atomic E-state index is 14.7. The number of nitrogens with two attached hydrogens (primary N) is 1. The molecule has 7 rings (SSSR count). The van der Waals surface area contributed by atoms with Crippen molar-refractivity contribution in [2.45, 2.75) is 162 Å². The molecule has 0 aromatic heterocycles. The van der Waals surface area contributed by atoms with Gasteiger partial charge in [-0.15, -0.1) is 0 Å². The highest BCUT2D eigenvalue weighted by molar-refractivity contribution is 6.12. The Hall–Kier alpha value is -6.38. The third-order valence-electron chi connectivity index (χ3n) is 18.5. The van der Waals surface area contributed by atoms with E-state index in [-0.39, 0.29) is 124 Å². The van der Waals surface area contributed by atoms with E-state index in [2.05, 4.69) is 12.2 Å². The number of amides is 6.